The Morgan fingerprint density at radius 1 is 1.38 bits per heavy atom. The molecule has 13 heavy (non-hydrogen) atoms. The maximum Gasteiger partial charge on any atom is 0.240 e. The molecule has 0 saturated carbocycles. The summed E-state index contributed by atoms with van der Waals surface area (Å²) < 4.78 is 1.53. The first-order valence-electron chi connectivity index (χ1n) is 3.56. The summed E-state index contributed by atoms with van der Waals surface area (Å²) in [5.74, 6) is 0.187. The van der Waals surface area contributed by atoms with Gasteiger partial charge in [0.15, 0.2) is 5.65 Å². The lowest BCUT2D eigenvalue weighted by molar-refractivity contribution is 0.920. The molecule has 2 aromatic heterocycles. The number of halogens is 2. The van der Waals surface area contributed by atoms with Gasteiger partial charge in [0.2, 0.25) is 5.95 Å². The highest BCUT2D eigenvalue weighted by atomic mass is 35.5. The van der Waals surface area contributed by atoms with Crippen LogP contribution in [0.25, 0.3) is 5.65 Å². The molecule has 0 aliphatic heterocycles. The van der Waals surface area contributed by atoms with Crippen LogP contribution in [0.2, 0.25) is 10.0 Å². The molecule has 0 amide bonds. The van der Waals surface area contributed by atoms with Gasteiger partial charge in [0.25, 0.3) is 0 Å². The van der Waals surface area contributed by atoms with Crippen LogP contribution < -0.4 is 5.73 Å². The minimum absolute atomic E-state index is 0.187. The number of hydrogen-bond acceptors (Lipinski definition) is 3. The number of rotatable bonds is 0. The van der Waals surface area contributed by atoms with Gasteiger partial charge in [-0.3, -0.25) is 0 Å². The van der Waals surface area contributed by atoms with E-state index in [4.69, 9.17) is 28.9 Å². The highest BCUT2D eigenvalue weighted by Gasteiger charge is 2.09. The smallest absolute Gasteiger partial charge is 0.240 e. The van der Waals surface area contributed by atoms with E-state index >= 15 is 0 Å². The zero-order valence-electron chi connectivity index (χ0n) is 6.75. The van der Waals surface area contributed by atoms with E-state index in [2.05, 4.69) is 10.1 Å². The number of nitrogens with zero attached hydrogens (tertiary/aromatic N) is 3. The molecular formula is C7H6Cl2N4. The quantitative estimate of drug-likeness (QED) is 0.733. The monoisotopic (exact) mass is 216 g/mol. The number of nitrogens with two attached hydrogens (primary N) is 1. The molecule has 0 fully saturated rings. The number of pyridine rings is 1. The third kappa shape index (κ3) is 1.22. The Hall–Kier alpha value is -1.00. The van der Waals surface area contributed by atoms with E-state index in [0.717, 1.165) is 5.69 Å². The van der Waals surface area contributed by atoms with Gasteiger partial charge in [-0.2, -0.15) is 4.98 Å². The lowest BCUT2D eigenvalue weighted by Crippen LogP contribution is -1.95. The van der Waals surface area contributed by atoms with Gasteiger partial charge in [-0.1, -0.05) is 23.2 Å². The summed E-state index contributed by atoms with van der Waals surface area (Å²) in [5.41, 5.74) is 6.73. The molecule has 2 rings (SSSR count). The second-order valence-electron chi connectivity index (χ2n) is 2.63. The van der Waals surface area contributed by atoms with Gasteiger partial charge in [0.05, 0.1) is 15.7 Å². The Bertz CT molecular complexity index is 477. The van der Waals surface area contributed by atoms with Crippen LogP contribution in [-0.4, -0.2) is 14.6 Å². The average molecular weight is 217 g/mol. The normalized spacial score (nSPS) is 11.0. The van der Waals surface area contributed by atoms with Crippen molar-refractivity contribution in [3.63, 3.8) is 0 Å². The minimum Gasteiger partial charge on any atom is -0.366 e. The molecule has 0 saturated heterocycles. The summed E-state index contributed by atoms with van der Waals surface area (Å²) in [5, 5.41) is 4.94. The van der Waals surface area contributed by atoms with Gasteiger partial charge in [-0.15, -0.1) is 5.10 Å². The fourth-order valence-electron chi connectivity index (χ4n) is 1.10. The van der Waals surface area contributed by atoms with Crippen molar-refractivity contribution in [2.24, 2.45) is 0 Å². The van der Waals surface area contributed by atoms with E-state index in [0.29, 0.717) is 15.7 Å². The second kappa shape index (κ2) is 2.75. The summed E-state index contributed by atoms with van der Waals surface area (Å²) in [6, 6.07) is 1.63. The molecule has 6 heteroatoms. The van der Waals surface area contributed by atoms with Crippen molar-refractivity contribution < 1.29 is 0 Å². The Balaban J connectivity index is 2.95. The van der Waals surface area contributed by atoms with Gasteiger partial charge in [0.1, 0.15) is 0 Å². The molecule has 0 bridgehead atoms. The number of fused-ring (bicyclic) bond motifs is 1. The van der Waals surface area contributed by atoms with Crippen molar-refractivity contribution in [3.05, 3.63) is 21.8 Å². The molecule has 68 valence electrons. The number of aryl methyl sites for hydroxylation is 1. The number of nitrogen functional groups attached to an aromatic ring is 1. The second-order valence-corrected chi connectivity index (χ2v) is 3.45. The van der Waals surface area contributed by atoms with Crippen LogP contribution in [0, 0.1) is 6.92 Å². The van der Waals surface area contributed by atoms with Crippen molar-refractivity contribution in [3.8, 4) is 0 Å². The van der Waals surface area contributed by atoms with Crippen LogP contribution in [-0.2, 0) is 0 Å². The number of anilines is 1. The van der Waals surface area contributed by atoms with E-state index in [-0.39, 0.29) is 5.95 Å². The molecule has 0 aliphatic carbocycles. The molecule has 2 aromatic rings. The van der Waals surface area contributed by atoms with Crippen molar-refractivity contribution in [2.75, 3.05) is 5.73 Å². The maximum atomic E-state index is 5.89. The van der Waals surface area contributed by atoms with Crippen LogP contribution in [0.3, 0.4) is 0 Å². The predicted octanol–water partition coefficient (Wildman–Crippen LogP) is 1.93. The Labute approximate surface area is 84.3 Å². The van der Waals surface area contributed by atoms with E-state index in [1.807, 2.05) is 6.92 Å². The molecule has 0 aromatic carbocycles. The van der Waals surface area contributed by atoms with Gasteiger partial charge >= 0.3 is 0 Å². The largest absolute Gasteiger partial charge is 0.366 e. The topological polar surface area (TPSA) is 56.2 Å². The lowest BCUT2D eigenvalue weighted by atomic mass is 10.4. The van der Waals surface area contributed by atoms with Crippen molar-refractivity contribution in [1.29, 1.82) is 0 Å². The van der Waals surface area contributed by atoms with Crippen LogP contribution in [0.5, 0.6) is 0 Å². The summed E-state index contributed by atoms with van der Waals surface area (Å²) in [6.07, 6.45) is 0. The first-order valence-corrected chi connectivity index (χ1v) is 4.32. The average Bonchev–Trinajstić information content (AvgIpc) is 2.44. The van der Waals surface area contributed by atoms with E-state index in [9.17, 15) is 0 Å². The third-order valence-electron chi connectivity index (χ3n) is 1.75. The van der Waals surface area contributed by atoms with Crippen molar-refractivity contribution >= 4 is 34.8 Å². The lowest BCUT2D eigenvalue weighted by Gasteiger charge is -2.01. The summed E-state index contributed by atoms with van der Waals surface area (Å²) in [6.45, 7) is 1.82. The standard InChI is InChI=1S/C7H6Cl2N4/c1-3-4(8)2-5(9)6-11-7(10)12-13(3)6/h2H,1H3,(H2,10,12). The maximum absolute atomic E-state index is 5.89. The molecule has 0 unspecified atom stereocenters. The van der Waals surface area contributed by atoms with Gasteiger partial charge in [0, 0.05) is 0 Å². The van der Waals surface area contributed by atoms with Crippen molar-refractivity contribution in [2.45, 2.75) is 6.92 Å². The van der Waals surface area contributed by atoms with Gasteiger partial charge in [-0.25, -0.2) is 4.52 Å². The van der Waals surface area contributed by atoms with Crippen LogP contribution in [0.4, 0.5) is 5.95 Å². The Morgan fingerprint density at radius 2 is 2.08 bits per heavy atom. The first kappa shape index (κ1) is 8.59. The molecule has 0 aliphatic rings. The highest BCUT2D eigenvalue weighted by Crippen LogP contribution is 2.24. The van der Waals surface area contributed by atoms with Crippen LogP contribution in [0.15, 0.2) is 6.07 Å². The van der Waals surface area contributed by atoms with Gasteiger partial charge in [-0.05, 0) is 13.0 Å². The predicted molar refractivity (Wildman–Crippen MR) is 52.2 cm³/mol. The Kier molecular flexibility index (Phi) is 1.82. The zero-order chi connectivity index (χ0) is 9.59. The molecular weight excluding hydrogens is 211 g/mol. The first-order chi connectivity index (χ1) is 6.09. The molecule has 0 spiro atoms. The number of hydrogen-bond donors (Lipinski definition) is 1. The van der Waals surface area contributed by atoms with Crippen molar-refractivity contribution in [1.82, 2.24) is 14.6 Å². The summed E-state index contributed by atoms with van der Waals surface area (Å²) in [4.78, 5) is 3.95. The van der Waals surface area contributed by atoms with Crippen LogP contribution >= 0.6 is 23.2 Å². The zero-order valence-corrected chi connectivity index (χ0v) is 8.26. The Morgan fingerprint density at radius 3 is 2.77 bits per heavy atom. The molecule has 2 heterocycles. The summed E-state index contributed by atoms with van der Waals surface area (Å²) in [7, 11) is 0. The molecule has 4 nitrogen and oxygen atoms in total. The highest BCUT2D eigenvalue weighted by molar-refractivity contribution is 6.36. The minimum atomic E-state index is 0.187. The van der Waals surface area contributed by atoms with E-state index in [1.165, 1.54) is 4.52 Å². The fraction of sp³-hybridized carbons (Fsp3) is 0.143. The summed E-state index contributed by atoms with van der Waals surface area (Å²) >= 11 is 11.8. The third-order valence-corrected chi connectivity index (χ3v) is 2.41. The van der Waals surface area contributed by atoms with Crippen LogP contribution in [0.1, 0.15) is 5.69 Å². The molecule has 2 N–H and O–H groups in total. The van der Waals surface area contributed by atoms with Gasteiger partial charge < -0.3 is 5.73 Å². The van der Waals surface area contributed by atoms with E-state index in [1.54, 1.807) is 6.07 Å². The number of aromatic nitrogens is 3. The van der Waals surface area contributed by atoms with E-state index < -0.39 is 0 Å². The fourth-order valence-corrected chi connectivity index (χ4v) is 1.57. The SMILES string of the molecule is Cc1c(Cl)cc(Cl)c2nc(N)nn12. The molecule has 0 radical (unpaired) electrons. The molecule has 0 atom stereocenters.